The van der Waals surface area contributed by atoms with Gasteiger partial charge in [-0.3, -0.25) is 4.90 Å². The third-order valence-corrected chi connectivity index (χ3v) is 4.96. The molecule has 0 fully saturated rings. The second-order valence-electron chi connectivity index (χ2n) is 7.02. The average Bonchev–Trinajstić information content (AvgIpc) is 2.79. The number of hydrogen-bond acceptors (Lipinski definition) is 4. The van der Waals surface area contributed by atoms with Gasteiger partial charge in [0.1, 0.15) is 0 Å². The van der Waals surface area contributed by atoms with Gasteiger partial charge >= 0.3 is 0 Å². The van der Waals surface area contributed by atoms with Crippen molar-refractivity contribution in [2.75, 3.05) is 33.9 Å². The first-order chi connectivity index (χ1) is 14.6. The summed E-state index contributed by atoms with van der Waals surface area (Å²) in [6, 6.07) is 14.6. The molecule has 2 aromatic carbocycles. The summed E-state index contributed by atoms with van der Waals surface area (Å²) in [6.45, 7) is 11.6. The molecule has 0 aliphatic carbocycles. The van der Waals surface area contributed by atoms with Crippen molar-refractivity contribution in [1.29, 1.82) is 0 Å². The van der Waals surface area contributed by atoms with Gasteiger partial charge in [-0.05, 0) is 48.8 Å². The van der Waals surface area contributed by atoms with Crippen LogP contribution in [-0.2, 0) is 19.6 Å². The summed E-state index contributed by atoms with van der Waals surface area (Å²) in [6.07, 6.45) is 0. The monoisotopic (exact) mass is 540 g/mol. The molecule has 7 heteroatoms. The van der Waals surface area contributed by atoms with Crippen LogP contribution in [0, 0.1) is 0 Å². The maximum absolute atomic E-state index is 5.39. The normalized spacial score (nSPS) is 11.1. The molecule has 172 valence electrons. The van der Waals surface area contributed by atoms with Crippen molar-refractivity contribution in [3.05, 3.63) is 59.2 Å². The molecule has 0 atom stereocenters. The number of nitrogens with zero attached hydrogens (tertiary/aromatic N) is 2. The number of benzene rings is 2. The third-order valence-electron chi connectivity index (χ3n) is 4.96. The molecule has 6 nitrogen and oxygen atoms in total. The summed E-state index contributed by atoms with van der Waals surface area (Å²) in [5.41, 5.74) is 3.64. The van der Waals surface area contributed by atoms with Crippen molar-refractivity contribution < 1.29 is 9.47 Å². The van der Waals surface area contributed by atoms with E-state index in [-0.39, 0.29) is 24.0 Å². The zero-order chi connectivity index (χ0) is 21.8. The molecule has 0 unspecified atom stereocenters. The van der Waals surface area contributed by atoms with Crippen molar-refractivity contribution in [2.45, 2.75) is 40.4 Å². The zero-order valence-corrected chi connectivity index (χ0v) is 21.7. The Balaban J connectivity index is 0.00000480. The molecule has 0 amide bonds. The number of ether oxygens (including phenoxy) is 2. The maximum atomic E-state index is 5.39. The summed E-state index contributed by atoms with van der Waals surface area (Å²) in [5, 5.41) is 6.71. The fourth-order valence-corrected chi connectivity index (χ4v) is 3.22. The van der Waals surface area contributed by atoms with E-state index in [0.717, 1.165) is 49.2 Å². The number of halogens is 1. The minimum absolute atomic E-state index is 0. The highest BCUT2D eigenvalue weighted by atomic mass is 127. The van der Waals surface area contributed by atoms with Crippen molar-refractivity contribution >= 4 is 29.9 Å². The van der Waals surface area contributed by atoms with Crippen LogP contribution in [0.4, 0.5) is 0 Å². The summed E-state index contributed by atoms with van der Waals surface area (Å²) >= 11 is 0. The SMILES string of the molecule is CCNC(=NCc1cccc(CN(CC)CC)c1)NCc1ccc(OC)c(OC)c1.I. The molecule has 0 aliphatic heterocycles. The van der Waals surface area contributed by atoms with E-state index < -0.39 is 0 Å². The fourth-order valence-electron chi connectivity index (χ4n) is 3.22. The van der Waals surface area contributed by atoms with E-state index in [1.807, 2.05) is 18.2 Å². The van der Waals surface area contributed by atoms with E-state index >= 15 is 0 Å². The summed E-state index contributed by atoms with van der Waals surface area (Å²) in [7, 11) is 3.29. The van der Waals surface area contributed by atoms with E-state index in [2.05, 4.69) is 60.6 Å². The Labute approximate surface area is 204 Å². The molecular formula is C24H37IN4O2. The van der Waals surface area contributed by atoms with E-state index in [1.165, 1.54) is 11.1 Å². The molecule has 0 bridgehead atoms. The molecule has 31 heavy (non-hydrogen) atoms. The maximum Gasteiger partial charge on any atom is 0.191 e. The van der Waals surface area contributed by atoms with E-state index in [0.29, 0.717) is 13.1 Å². The molecule has 0 radical (unpaired) electrons. The third kappa shape index (κ3) is 8.95. The quantitative estimate of drug-likeness (QED) is 0.251. The van der Waals surface area contributed by atoms with Crippen LogP contribution >= 0.6 is 24.0 Å². The van der Waals surface area contributed by atoms with Crippen LogP contribution in [0.2, 0.25) is 0 Å². The fraction of sp³-hybridized carbons (Fsp3) is 0.458. The Morgan fingerprint density at radius 2 is 1.58 bits per heavy atom. The second-order valence-corrected chi connectivity index (χ2v) is 7.02. The summed E-state index contributed by atoms with van der Waals surface area (Å²) < 4.78 is 10.7. The van der Waals surface area contributed by atoms with Gasteiger partial charge in [-0.15, -0.1) is 24.0 Å². The highest BCUT2D eigenvalue weighted by molar-refractivity contribution is 14.0. The van der Waals surface area contributed by atoms with Crippen LogP contribution in [-0.4, -0.2) is 44.7 Å². The van der Waals surface area contributed by atoms with Crippen molar-refractivity contribution in [2.24, 2.45) is 4.99 Å². The van der Waals surface area contributed by atoms with E-state index in [1.54, 1.807) is 14.2 Å². The zero-order valence-electron chi connectivity index (χ0n) is 19.4. The topological polar surface area (TPSA) is 58.1 Å². The Kier molecular flexibility index (Phi) is 13.0. The molecule has 0 heterocycles. The van der Waals surface area contributed by atoms with Gasteiger partial charge in [-0.1, -0.05) is 44.2 Å². The number of rotatable bonds is 11. The molecule has 2 N–H and O–H groups in total. The highest BCUT2D eigenvalue weighted by Crippen LogP contribution is 2.27. The van der Waals surface area contributed by atoms with Crippen LogP contribution in [0.25, 0.3) is 0 Å². The van der Waals surface area contributed by atoms with Gasteiger partial charge in [0.2, 0.25) is 0 Å². The predicted octanol–water partition coefficient (Wildman–Crippen LogP) is 4.42. The lowest BCUT2D eigenvalue weighted by atomic mass is 10.1. The smallest absolute Gasteiger partial charge is 0.191 e. The Hall–Kier alpha value is -2.00. The largest absolute Gasteiger partial charge is 0.493 e. The van der Waals surface area contributed by atoms with Crippen molar-refractivity contribution in [3.63, 3.8) is 0 Å². The van der Waals surface area contributed by atoms with Crippen molar-refractivity contribution in [3.8, 4) is 11.5 Å². The van der Waals surface area contributed by atoms with Crippen LogP contribution in [0.1, 0.15) is 37.5 Å². The summed E-state index contributed by atoms with van der Waals surface area (Å²) in [5.74, 6) is 2.25. The minimum Gasteiger partial charge on any atom is -0.493 e. The highest BCUT2D eigenvalue weighted by Gasteiger charge is 2.06. The molecule has 0 spiro atoms. The molecule has 2 aromatic rings. The van der Waals surface area contributed by atoms with Crippen LogP contribution in [0.15, 0.2) is 47.5 Å². The number of hydrogen-bond donors (Lipinski definition) is 2. The van der Waals surface area contributed by atoms with Crippen LogP contribution in [0.5, 0.6) is 11.5 Å². The molecule has 0 aliphatic rings. The first-order valence-corrected chi connectivity index (χ1v) is 10.7. The van der Waals surface area contributed by atoms with Gasteiger partial charge in [-0.2, -0.15) is 0 Å². The molecule has 0 saturated heterocycles. The van der Waals surface area contributed by atoms with Crippen LogP contribution < -0.4 is 20.1 Å². The Morgan fingerprint density at radius 1 is 0.871 bits per heavy atom. The standard InChI is InChI=1S/C24H36N4O2.HI/c1-6-25-24(27-17-20-12-13-22(29-4)23(15-20)30-5)26-16-19-10-9-11-21(14-19)18-28(7-2)8-3;/h9-15H,6-8,16-18H2,1-5H3,(H2,25,26,27);1H. The molecule has 2 rings (SSSR count). The lowest BCUT2D eigenvalue weighted by Gasteiger charge is -2.18. The summed E-state index contributed by atoms with van der Waals surface area (Å²) in [4.78, 5) is 7.17. The average molecular weight is 540 g/mol. The minimum atomic E-state index is 0. The number of methoxy groups -OCH3 is 2. The number of aliphatic imine (C=N–C) groups is 1. The van der Waals surface area contributed by atoms with Gasteiger partial charge in [-0.25, -0.2) is 4.99 Å². The first kappa shape index (κ1) is 27.0. The molecule has 0 saturated carbocycles. The number of guanidine groups is 1. The van der Waals surface area contributed by atoms with Crippen molar-refractivity contribution in [1.82, 2.24) is 15.5 Å². The Morgan fingerprint density at radius 3 is 2.23 bits per heavy atom. The first-order valence-electron chi connectivity index (χ1n) is 10.7. The van der Waals surface area contributed by atoms with Crippen LogP contribution in [0.3, 0.4) is 0 Å². The van der Waals surface area contributed by atoms with Gasteiger partial charge in [0, 0.05) is 19.6 Å². The second kappa shape index (κ2) is 14.9. The Bertz CT molecular complexity index is 810. The predicted molar refractivity (Wildman–Crippen MR) is 140 cm³/mol. The number of nitrogens with one attached hydrogen (secondary N) is 2. The van der Waals surface area contributed by atoms with Gasteiger partial charge < -0.3 is 20.1 Å². The van der Waals surface area contributed by atoms with Gasteiger partial charge in [0.05, 0.1) is 20.8 Å². The van der Waals surface area contributed by atoms with E-state index in [9.17, 15) is 0 Å². The molecule has 0 aromatic heterocycles. The van der Waals surface area contributed by atoms with E-state index in [4.69, 9.17) is 14.5 Å². The van der Waals surface area contributed by atoms with Gasteiger partial charge in [0.15, 0.2) is 17.5 Å². The lowest BCUT2D eigenvalue weighted by Crippen LogP contribution is -2.36. The lowest BCUT2D eigenvalue weighted by molar-refractivity contribution is 0.296. The van der Waals surface area contributed by atoms with Gasteiger partial charge in [0.25, 0.3) is 0 Å². The molecular weight excluding hydrogens is 503 g/mol.